The molecule has 0 saturated carbocycles. The summed E-state index contributed by atoms with van der Waals surface area (Å²) in [5, 5.41) is 16.6. The van der Waals surface area contributed by atoms with Crippen LogP contribution in [0.4, 0.5) is 0 Å². The van der Waals surface area contributed by atoms with Crippen LogP contribution in [0.15, 0.2) is 30.3 Å². The zero-order valence-corrected chi connectivity index (χ0v) is 18.7. The van der Waals surface area contributed by atoms with E-state index < -0.39 is 23.9 Å². The van der Waals surface area contributed by atoms with E-state index in [2.05, 4.69) is 30.7 Å². The third kappa shape index (κ3) is 27.2. The minimum absolute atomic E-state index is 0. The fraction of sp³-hybridized carbons (Fsp3) is 0.545. The number of nitrogens with two attached hydrogens (primary N) is 1. The molecular formula is C22H38N2O7. The first-order valence-electron chi connectivity index (χ1n) is 10.2. The second-order valence-electron chi connectivity index (χ2n) is 6.36. The molecule has 0 unspecified atom stereocenters. The number of unbranched alkanes of at least 4 members (excludes halogenated alkanes) is 1. The van der Waals surface area contributed by atoms with Gasteiger partial charge >= 0.3 is 23.9 Å². The largest absolute Gasteiger partial charge is 0.481 e. The van der Waals surface area contributed by atoms with Crippen molar-refractivity contribution >= 4 is 23.9 Å². The molecule has 178 valence electrons. The zero-order valence-electron chi connectivity index (χ0n) is 18.7. The number of esters is 2. The summed E-state index contributed by atoms with van der Waals surface area (Å²) in [6.45, 7) is 5.10. The highest BCUT2D eigenvalue weighted by Gasteiger charge is 2.11. The maximum absolute atomic E-state index is 11.0. The molecule has 0 amide bonds. The Morgan fingerprint density at radius 3 is 1.55 bits per heavy atom. The van der Waals surface area contributed by atoms with Crippen LogP contribution in [0.25, 0.3) is 0 Å². The molecule has 0 aliphatic carbocycles. The van der Waals surface area contributed by atoms with E-state index in [-0.39, 0.29) is 44.7 Å². The number of carbonyl (C=O) groups excluding carboxylic acids is 2. The Labute approximate surface area is 184 Å². The van der Waals surface area contributed by atoms with Crippen LogP contribution < -0.4 is 11.9 Å². The number of carbonyl (C=O) groups is 4. The van der Waals surface area contributed by atoms with Crippen LogP contribution in [0.1, 0.15) is 70.8 Å². The van der Waals surface area contributed by atoms with Crippen LogP contribution in [-0.2, 0) is 30.3 Å². The van der Waals surface area contributed by atoms with Crippen LogP contribution >= 0.6 is 0 Å². The Hall–Kier alpha value is -2.78. The predicted molar refractivity (Wildman–Crippen MR) is 119 cm³/mol. The Morgan fingerprint density at radius 2 is 1.23 bits per heavy atom. The van der Waals surface area contributed by atoms with Gasteiger partial charge in [-0.05, 0) is 31.4 Å². The number of carboxylic acids is 2. The van der Waals surface area contributed by atoms with Crippen molar-refractivity contribution in [2.75, 3.05) is 6.54 Å². The van der Waals surface area contributed by atoms with E-state index in [1.165, 1.54) is 18.4 Å². The third-order valence-electron chi connectivity index (χ3n) is 3.55. The summed E-state index contributed by atoms with van der Waals surface area (Å²) in [4.78, 5) is 42.2. The summed E-state index contributed by atoms with van der Waals surface area (Å²) < 4.78 is 4.35. The molecule has 1 aromatic carbocycles. The van der Waals surface area contributed by atoms with Gasteiger partial charge in [0, 0.05) is 25.7 Å². The molecule has 9 nitrogen and oxygen atoms in total. The van der Waals surface area contributed by atoms with Crippen molar-refractivity contribution in [1.82, 2.24) is 6.15 Å². The summed E-state index contributed by atoms with van der Waals surface area (Å²) in [5.41, 5.74) is 6.68. The number of benzene rings is 1. The normalized spacial score (nSPS) is 9.00. The van der Waals surface area contributed by atoms with Gasteiger partial charge in [0.2, 0.25) is 0 Å². The number of rotatable bonds is 11. The fourth-order valence-corrected chi connectivity index (χ4v) is 1.81. The van der Waals surface area contributed by atoms with Crippen molar-refractivity contribution < 1.29 is 34.1 Å². The average molecular weight is 443 g/mol. The molecule has 0 bridgehead atoms. The van der Waals surface area contributed by atoms with Crippen molar-refractivity contribution in [3.8, 4) is 0 Å². The minimum Gasteiger partial charge on any atom is -0.481 e. The smallest absolute Gasteiger partial charge is 0.313 e. The van der Waals surface area contributed by atoms with Crippen LogP contribution in [0.3, 0.4) is 0 Å². The number of hydrogen-bond donors (Lipinski definition) is 4. The lowest BCUT2D eigenvalue weighted by molar-refractivity contribution is -0.159. The van der Waals surface area contributed by atoms with Crippen LogP contribution in [0, 0.1) is 0 Å². The SMILES string of the molecule is CCCC.N.NCCc1ccccc1.O=C(O)CCCC(=O)OC(=O)CCCC(=O)O. The van der Waals surface area contributed by atoms with E-state index in [1.807, 2.05) is 18.2 Å². The molecule has 0 spiro atoms. The summed E-state index contributed by atoms with van der Waals surface area (Å²) >= 11 is 0. The quantitative estimate of drug-likeness (QED) is 0.293. The lowest BCUT2D eigenvalue weighted by Gasteiger charge is -2.01. The van der Waals surface area contributed by atoms with Crippen LogP contribution in [-0.4, -0.2) is 40.6 Å². The van der Waals surface area contributed by atoms with Crippen molar-refractivity contribution in [3.05, 3.63) is 35.9 Å². The van der Waals surface area contributed by atoms with E-state index in [0.29, 0.717) is 0 Å². The lowest BCUT2D eigenvalue weighted by Crippen LogP contribution is -2.12. The predicted octanol–water partition coefficient (Wildman–Crippen LogP) is 3.72. The van der Waals surface area contributed by atoms with Gasteiger partial charge in [-0.25, -0.2) is 0 Å². The number of aliphatic carboxylic acids is 2. The zero-order chi connectivity index (χ0) is 23.2. The summed E-state index contributed by atoms with van der Waals surface area (Å²) in [7, 11) is 0. The average Bonchev–Trinajstić information content (AvgIpc) is 2.69. The summed E-state index contributed by atoms with van der Waals surface area (Å²) in [5.74, 6) is -3.62. The first-order chi connectivity index (χ1) is 14.3. The molecule has 1 aromatic rings. The monoisotopic (exact) mass is 442 g/mol. The van der Waals surface area contributed by atoms with Gasteiger partial charge in [-0.3, -0.25) is 19.2 Å². The second kappa shape index (κ2) is 23.5. The van der Waals surface area contributed by atoms with Crippen LogP contribution in [0.5, 0.6) is 0 Å². The molecule has 7 N–H and O–H groups in total. The molecule has 1 rings (SSSR count). The summed E-state index contributed by atoms with van der Waals surface area (Å²) in [6.07, 6.45) is 3.23. The Morgan fingerprint density at radius 1 is 0.806 bits per heavy atom. The van der Waals surface area contributed by atoms with Gasteiger partial charge < -0.3 is 26.8 Å². The highest BCUT2D eigenvalue weighted by atomic mass is 16.6. The van der Waals surface area contributed by atoms with Crippen molar-refractivity contribution in [2.45, 2.75) is 71.6 Å². The van der Waals surface area contributed by atoms with E-state index in [9.17, 15) is 19.2 Å². The molecule has 0 fully saturated rings. The van der Waals surface area contributed by atoms with Gasteiger partial charge in [0.15, 0.2) is 0 Å². The van der Waals surface area contributed by atoms with Gasteiger partial charge in [-0.1, -0.05) is 57.0 Å². The van der Waals surface area contributed by atoms with E-state index >= 15 is 0 Å². The lowest BCUT2D eigenvalue weighted by atomic mass is 10.2. The van der Waals surface area contributed by atoms with E-state index in [4.69, 9.17) is 15.9 Å². The van der Waals surface area contributed by atoms with Crippen molar-refractivity contribution in [2.24, 2.45) is 5.73 Å². The van der Waals surface area contributed by atoms with Gasteiger partial charge in [0.25, 0.3) is 0 Å². The van der Waals surface area contributed by atoms with E-state index in [1.54, 1.807) is 0 Å². The standard InChI is InChI=1S/C10H14O7.C8H11N.C4H10.H3N/c11-7(12)3-1-5-9(15)17-10(16)6-2-4-8(13)14;9-7-6-8-4-2-1-3-5-8;1-3-4-2;/h1-6H2,(H,11,12)(H,13,14);1-5H,6-7,9H2;3-4H2,1-2H3;1H3. The third-order valence-corrected chi connectivity index (χ3v) is 3.55. The summed E-state index contributed by atoms with van der Waals surface area (Å²) in [6, 6.07) is 10.3. The molecule has 0 aliphatic heterocycles. The molecule has 0 aliphatic rings. The maximum Gasteiger partial charge on any atom is 0.313 e. The molecule has 9 heteroatoms. The number of ether oxygens (including phenoxy) is 1. The van der Waals surface area contributed by atoms with Gasteiger partial charge in [-0.15, -0.1) is 0 Å². The highest BCUT2D eigenvalue weighted by Crippen LogP contribution is 2.02. The molecular weight excluding hydrogens is 404 g/mol. The molecule has 31 heavy (non-hydrogen) atoms. The molecule has 0 radical (unpaired) electrons. The second-order valence-corrected chi connectivity index (χ2v) is 6.36. The maximum atomic E-state index is 11.0. The Balaban J connectivity index is -0.000000466. The fourth-order valence-electron chi connectivity index (χ4n) is 1.81. The highest BCUT2D eigenvalue weighted by molar-refractivity contribution is 5.85. The Kier molecular flexibility index (Phi) is 24.9. The van der Waals surface area contributed by atoms with Gasteiger partial charge in [0.1, 0.15) is 0 Å². The minimum atomic E-state index is -1.02. The van der Waals surface area contributed by atoms with E-state index in [0.717, 1.165) is 13.0 Å². The van der Waals surface area contributed by atoms with Crippen molar-refractivity contribution in [3.63, 3.8) is 0 Å². The van der Waals surface area contributed by atoms with Crippen molar-refractivity contribution in [1.29, 1.82) is 0 Å². The molecule has 0 heterocycles. The molecule has 0 aromatic heterocycles. The first kappa shape index (κ1) is 32.9. The molecule has 0 saturated heterocycles. The topological polar surface area (TPSA) is 179 Å². The molecule has 0 atom stereocenters. The van der Waals surface area contributed by atoms with Gasteiger partial charge in [0.05, 0.1) is 0 Å². The Bertz CT molecular complexity index is 575. The number of hydrogen-bond acceptors (Lipinski definition) is 7. The first-order valence-corrected chi connectivity index (χ1v) is 10.2. The van der Waals surface area contributed by atoms with Crippen LogP contribution in [0.2, 0.25) is 0 Å². The number of carboxylic acid groups (broad SMARTS) is 2. The van der Waals surface area contributed by atoms with Gasteiger partial charge in [-0.2, -0.15) is 0 Å².